The molecule has 0 spiro atoms. The summed E-state index contributed by atoms with van der Waals surface area (Å²) >= 11 is 0.609. The Morgan fingerprint density at radius 3 is 2.67 bits per heavy atom. The number of anilines is 1. The number of halogens is 3. The lowest BCUT2D eigenvalue weighted by molar-refractivity contribution is -0.134. The Hall–Kier alpha value is -2.35. The van der Waals surface area contributed by atoms with Gasteiger partial charge in [-0.3, -0.25) is 0 Å². The summed E-state index contributed by atoms with van der Waals surface area (Å²) in [7, 11) is 0. The molecule has 3 rings (SSSR count). The van der Waals surface area contributed by atoms with Gasteiger partial charge in [-0.2, -0.15) is 13.2 Å². The molecule has 2 aromatic heterocycles. The van der Waals surface area contributed by atoms with Crippen molar-refractivity contribution in [3.05, 3.63) is 64.7 Å². The van der Waals surface area contributed by atoms with Crippen molar-refractivity contribution in [3.63, 3.8) is 0 Å². The summed E-state index contributed by atoms with van der Waals surface area (Å²) in [5.74, 6) is 0.931. The summed E-state index contributed by atoms with van der Waals surface area (Å²) in [5, 5.41) is 3.20. The van der Waals surface area contributed by atoms with Gasteiger partial charge in [0.25, 0.3) is 0 Å². The van der Waals surface area contributed by atoms with E-state index < -0.39 is 11.1 Å². The molecule has 0 amide bonds. The Bertz CT molecular complexity index is 823. The van der Waals surface area contributed by atoms with E-state index in [2.05, 4.69) is 15.3 Å². The predicted octanol–water partition coefficient (Wildman–Crippen LogP) is 4.33. The number of hydrogen-bond acceptors (Lipinski definition) is 4. The van der Waals surface area contributed by atoms with Gasteiger partial charge >= 0.3 is 6.18 Å². The van der Waals surface area contributed by atoms with Crippen LogP contribution in [0.15, 0.2) is 42.9 Å². The highest BCUT2D eigenvalue weighted by atomic mass is 32.1. The normalized spacial score (nSPS) is 11.7. The molecular formula is C16H15F3N4S. The van der Waals surface area contributed by atoms with Crippen LogP contribution in [0.25, 0.3) is 0 Å². The summed E-state index contributed by atoms with van der Waals surface area (Å²) in [5.41, 5.74) is 2.08. The molecule has 0 unspecified atom stereocenters. The summed E-state index contributed by atoms with van der Waals surface area (Å²) in [6, 6.07) is 7.88. The summed E-state index contributed by atoms with van der Waals surface area (Å²) in [6.45, 7) is 3.06. The zero-order chi connectivity index (χ0) is 17.2. The van der Waals surface area contributed by atoms with E-state index in [0.717, 1.165) is 23.1 Å². The van der Waals surface area contributed by atoms with E-state index in [1.165, 1.54) is 0 Å². The molecule has 0 fully saturated rings. The van der Waals surface area contributed by atoms with Crippen molar-refractivity contribution in [3.8, 4) is 0 Å². The number of aromatic nitrogens is 3. The maximum absolute atomic E-state index is 12.6. The van der Waals surface area contributed by atoms with E-state index in [1.807, 2.05) is 42.0 Å². The molecule has 24 heavy (non-hydrogen) atoms. The third-order valence-corrected chi connectivity index (χ3v) is 4.50. The van der Waals surface area contributed by atoms with Gasteiger partial charge in [0.05, 0.1) is 6.20 Å². The fourth-order valence-electron chi connectivity index (χ4n) is 2.27. The number of hydrogen-bond donors (Lipinski definition) is 1. The van der Waals surface area contributed by atoms with Gasteiger partial charge in [-0.05, 0) is 18.1 Å². The van der Waals surface area contributed by atoms with Crippen LogP contribution < -0.4 is 5.32 Å². The van der Waals surface area contributed by atoms with Crippen molar-refractivity contribution in [2.75, 3.05) is 5.32 Å². The number of benzene rings is 1. The number of nitrogens with one attached hydrogen (secondary N) is 1. The van der Waals surface area contributed by atoms with E-state index in [0.29, 0.717) is 24.4 Å². The average Bonchev–Trinajstić information content (AvgIpc) is 3.15. The van der Waals surface area contributed by atoms with Gasteiger partial charge in [0.1, 0.15) is 10.7 Å². The Kier molecular flexibility index (Phi) is 4.57. The van der Waals surface area contributed by atoms with Crippen LogP contribution in [0.4, 0.5) is 18.3 Å². The molecule has 0 atom stereocenters. The van der Waals surface area contributed by atoms with Crippen LogP contribution in [0, 0.1) is 6.92 Å². The molecule has 0 aliphatic rings. The Balaban J connectivity index is 1.64. The van der Waals surface area contributed by atoms with E-state index >= 15 is 0 Å². The van der Waals surface area contributed by atoms with Crippen molar-refractivity contribution in [1.82, 2.24) is 14.5 Å². The Labute approximate surface area is 141 Å². The topological polar surface area (TPSA) is 42.7 Å². The molecule has 8 heteroatoms. The standard InChI is InChI=1S/C16H15F3N4S/c1-11-20-5-6-23(11)10-13-4-2-3-12(7-13)8-21-15-22-9-14(24-15)16(17,18)19/h2-7,9H,8,10H2,1H3,(H,21,22). The second-order valence-electron chi connectivity index (χ2n) is 5.30. The second-order valence-corrected chi connectivity index (χ2v) is 6.33. The van der Waals surface area contributed by atoms with Gasteiger partial charge in [0.15, 0.2) is 5.13 Å². The molecule has 0 aliphatic heterocycles. The van der Waals surface area contributed by atoms with Crippen molar-refractivity contribution >= 4 is 16.5 Å². The summed E-state index contributed by atoms with van der Waals surface area (Å²) in [6.07, 6.45) is 0.168. The molecule has 4 nitrogen and oxygen atoms in total. The van der Waals surface area contributed by atoms with Crippen LogP contribution in [0.3, 0.4) is 0 Å². The van der Waals surface area contributed by atoms with Crippen LogP contribution in [0.1, 0.15) is 21.8 Å². The minimum atomic E-state index is -4.35. The molecule has 0 saturated heterocycles. The fraction of sp³-hybridized carbons (Fsp3) is 0.250. The molecule has 0 bridgehead atoms. The zero-order valence-corrected chi connectivity index (χ0v) is 13.7. The minimum absolute atomic E-state index is 0.262. The number of thiazole rings is 1. The van der Waals surface area contributed by atoms with Crippen LogP contribution in [-0.2, 0) is 19.3 Å². The highest BCUT2D eigenvalue weighted by molar-refractivity contribution is 7.15. The van der Waals surface area contributed by atoms with Crippen LogP contribution in [0.5, 0.6) is 0 Å². The van der Waals surface area contributed by atoms with Crippen molar-refractivity contribution in [2.24, 2.45) is 0 Å². The lowest BCUT2D eigenvalue weighted by Gasteiger charge is -2.08. The van der Waals surface area contributed by atoms with E-state index in [1.54, 1.807) is 6.20 Å². The molecule has 126 valence electrons. The molecule has 1 aromatic carbocycles. The van der Waals surface area contributed by atoms with Crippen molar-refractivity contribution < 1.29 is 13.2 Å². The van der Waals surface area contributed by atoms with Crippen LogP contribution >= 0.6 is 11.3 Å². The lowest BCUT2D eigenvalue weighted by atomic mass is 10.1. The molecule has 0 aliphatic carbocycles. The third-order valence-electron chi connectivity index (χ3n) is 3.50. The maximum Gasteiger partial charge on any atom is 0.427 e. The van der Waals surface area contributed by atoms with Crippen molar-refractivity contribution in [1.29, 1.82) is 0 Å². The molecule has 0 radical (unpaired) electrons. The number of nitrogens with zero attached hydrogens (tertiary/aromatic N) is 3. The maximum atomic E-state index is 12.6. The van der Waals surface area contributed by atoms with Crippen LogP contribution in [-0.4, -0.2) is 14.5 Å². The first kappa shape index (κ1) is 16.5. The van der Waals surface area contributed by atoms with Gasteiger partial charge in [-0.15, -0.1) is 0 Å². The molecule has 0 saturated carbocycles. The molecule has 3 aromatic rings. The smallest absolute Gasteiger partial charge is 0.357 e. The fourth-order valence-corrected chi connectivity index (χ4v) is 2.95. The van der Waals surface area contributed by atoms with Crippen LogP contribution in [0.2, 0.25) is 0 Å². The van der Waals surface area contributed by atoms with Gasteiger partial charge in [0, 0.05) is 25.5 Å². The molecule has 2 heterocycles. The molecule has 1 N–H and O–H groups in total. The highest BCUT2D eigenvalue weighted by Gasteiger charge is 2.33. The largest absolute Gasteiger partial charge is 0.427 e. The van der Waals surface area contributed by atoms with E-state index in [-0.39, 0.29) is 5.13 Å². The Morgan fingerprint density at radius 1 is 1.21 bits per heavy atom. The second kappa shape index (κ2) is 6.64. The van der Waals surface area contributed by atoms with Gasteiger partial charge in [-0.1, -0.05) is 35.6 Å². The number of rotatable bonds is 5. The predicted molar refractivity (Wildman–Crippen MR) is 87.0 cm³/mol. The quantitative estimate of drug-likeness (QED) is 0.743. The average molecular weight is 352 g/mol. The van der Waals surface area contributed by atoms with Gasteiger partial charge in [0.2, 0.25) is 0 Å². The number of imidazole rings is 1. The first-order valence-electron chi connectivity index (χ1n) is 7.24. The summed E-state index contributed by atoms with van der Waals surface area (Å²) in [4.78, 5) is 7.25. The minimum Gasteiger partial charge on any atom is -0.357 e. The number of aryl methyl sites for hydroxylation is 1. The zero-order valence-electron chi connectivity index (χ0n) is 12.8. The first-order chi connectivity index (χ1) is 11.4. The first-order valence-corrected chi connectivity index (χ1v) is 8.06. The van der Waals surface area contributed by atoms with Gasteiger partial charge < -0.3 is 9.88 Å². The third kappa shape index (κ3) is 3.94. The van der Waals surface area contributed by atoms with Crippen molar-refractivity contribution in [2.45, 2.75) is 26.2 Å². The number of alkyl halides is 3. The monoisotopic (exact) mass is 352 g/mol. The van der Waals surface area contributed by atoms with E-state index in [4.69, 9.17) is 0 Å². The summed E-state index contributed by atoms with van der Waals surface area (Å²) < 4.78 is 39.7. The van der Waals surface area contributed by atoms with Gasteiger partial charge in [-0.25, -0.2) is 9.97 Å². The Morgan fingerprint density at radius 2 is 2.00 bits per heavy atom. The lowest BCUT2D eigenvalue weighted by Crippen LogP contribution is -2.03. The SMILES string of the molecule is Cc1nccn1Cc1cccc(CNc2ncc(C(F)(F)F)s2)c1. The molecular weight excluding hydrogens is 337 g/mol. The van der Waals surface area contributed by atoms with E-state index in [9.17, 15) is 13.2 Å². The highest BCUT2D eigenvalue weighted by Crippen LogP contribution is 2.35.